The highest BCUT2D eigenvalue weighted by Gasteiger charge is 2.19. The predicted molar refractivity (Wildman–Crippen MR) is 107 cm³/mol. The summed E-state index contributed by atoms with van der Waals surface area (Å²) in [7, 11) is 3.52. The van der Waals surface area contributed by atoms with Crippen LogP contribution in [-0.2, 0) is 11.3 Å². The fourth-order valence-corrected chi connectivity index (χ4v) is 2.74. The van der Waals surface area contributed by atoms with Crippen LogP contribution in [0.15, 0.2) is 35.3 Å². The molecule has 5 nitrogen and oxygen atoms in total. The van der Waals surface area contributed by atoms with Gasteiger partial charge in [-0.05, 0) is 18.4 Å². The van der Waals surface area contributed by atoms with Gasteiger partial charge in [0.2, 0.25) is 0 Å². The standard InChI is InChI=1S/C17H28N4O.HI/c1-18-17(19-10-13-22-2)20-16-8-11-21(12-9-16)14-15-6-4-3-5-7-15;/h3-7,16H,8-14H2,1-2H3,(H2,18,19,20);1H. The maximum Gasteiger partial charge on any atom is 0.191 e. The highest BCUT2D eigenvalue weighted by Crippen LogP contribution is 2.13. The third-order valence-electron chi connectivity index (χ3n) is 4.00. The normalized spacial score (nSPS) is 16.7. The molecule has 1 aliphatic rings. The van der Waals surface area contributed by atoms with Crippen molar-refractivity contribution in [1.82, 2.24) is 15.5 Å². The molecule has 0 amide bonds. The molecule has 0 aliphatic carbocycles. The van der Waals surface area contributed by atoms with Gasteiger partial charge in [0.25, 0.3) is 0 Å². The molecule has 0 radical (unpaired) electrons. The van der Waals surface area contributed by atoms with Gasteiger partial charge in [0.05, 0.1) is 6.61 Å². The van der Waals surface area contributed by atoms with Crippen LogP contribution in [0.2, 0.25) is 0 Å². The summed E-state index contributed by atoms with van der Waals surface area (Å²) in [6.07, 6.45) is 2.30. The molecule has 23 heavy (non-hydrogen) atoms. The molecule has 0 atom stereocenters. The van der Waals surface area contributed by atoms with Gasteiger partial charge in [-0.2, -0.15) is 0 Å². The van der Waals surface area contributed by atoms with Crippen LogP contribution in [-0.4, -0.2) is 57.3 Å². The quantitative estimate of drug-likeness (QED) is 0.313. The van der Waals surface area contributed by atoms with E-state index in [9.17, 15) is 0 Å². The van der Waals surface area contributed by atoms with Gasteiger partial charge in [-0.15, -0.1) is 24.0 Å². The number of guanidine groups is 1. The van der Waals surface area contributed by atoms with Crippen LogP contribution in [0.5, 0.6) is 0 Å². The summed E-state index contributed by atoms with van der Waals surface area (Å²) in [5.74, 6) is 0.874. The first-order chi connectivity index (χ1) is 10.8. The second-order valence-corrected chi connectivity index (χ2v) is 5.67. The Morgan fingerprint density at radius 2 is 1.96 bits per heavy atom. The van der Waals surface area contributed by atoms with E-state index in [0.717, 1.165) is 45.0 Å². The smallest absolute Gasteiger partial charge is 0.191 e. The van der Waals surface area contributed by atoms with Crippen molar-refractivity contribution in [2.75, 3.05) is 40.4 Å². The highest BCUT2D eigenvalue weighted by molar-refractivity contribution is 14.0. The Bertz CT molecular complexity index is 447. The lowest BCUT2D eigenvalue weighted by molar-refractivity contribution is 0.196. The van der Waals surface area contributed by atoms with Crippen molar-refractivity contribution >= 4 is 29.9 Å². The average molecular weight is 432 g/mol. The number of nitrogens with zero attached hydrogens (tertiary/aromatic N) is 2. The summed E-state index contributed by atoms with van der Waals surface area (Å²) in [5, 5.41) is 6.77. The van der Waals surface area contributed by atoms with Crippen LogP contribution in [0.4, 0.5) is 0 Å². The molecule has 0 unspecified atom stereocenters. The van der Waals surface area contributed by atoms with Crippen molar-refractivity contribution in [3.63, 3.8) is 0 Å². The number of ether oxygens (including phenoxy) is 1. The summed E-state index contributed by atoms with van der Waals surface area (Å²) in [5.41, 5.74) is 1.39. The largest absolute Gasteiger partial charge is 0.383 e. The zero-order chi connectivity index (χ0) is 15.6. The van der Waals surface area contributed by atoms with E-state index in [1.807, 2.05) is 7.05 Å². The molecule has 1 aliphatic heterocycles. The first-order valence-corrected chi connectivity index (χ1v) is 8.04. The van der Waals surface area contributed by atoms with Crippen LogP contribution in [0.25, 0.3) is 0 Å². The van der Waals surface area contributed by atoms with Crippen LogP contribution in [0.1, 0.15) is 18.4 Å². The monoisotopic (exact) mass is 432 g/mol. The van der Waals surface area contributed by atoms with Crippen LogP contribution in [0.3, 0.4) is 0 Å². The molecule has 0 bridgehead atoms. The van der Waals surface area contributed by atoms with E-state index in [1.54, 1.807) is 7.11 Å². The Morgan fingerprint density at radius 3 is 2.57 bits per heavy atom. The number of rotatable bonds is 6. The van der Waals surface area contributed by atoms with Gasteiger partial charge < -0.3 is 15.4 Å². The molecule has 130 valence electrons. The first kappa shape index (κ1) is 20.2. The Kier molecular flexibility index (Phi) is 10.2. The summed E-state index contributed by atoms with van der Waals surface area (Å²) < 4.78 is 5.05. The highest BCUT2D eigenvalue weighted by atomic mass is 127. The predicted octanol–water partition coefficient (Wildman–Crippen LogP) is 2.08. The molecule has 2 rings (SSSR count). The fourth-order valence-electron chi connectivity index (χ4n) is 2.74. The van der Waals surface area contributed by atoms with Crippen LogP contribution >= 0.6 is 24.0 Å². The van der Waals surface area contributed by atoms with Gasteiger partial charge in [0.1, 0.15) is 0 Å². The molecule has 0 saturated carbocycles. The number of aliphatic imine (C=N–C) groups is 1. The fraction of sp³-hybridized carbons (Fsp3) is 0.588. The molecule has 1 aromatic rings. The molecule has 2 N–H and O–H groups in total. The van der Waals surface area contributed by atoms with Crippen molar-refractivity contribution in [2.24, 2.45) is 4.99 Å². The van der Waals surface area contributed by atoms with Crippen LogP contribution in [0, 0.1) is 0 Å². The van der Waals surface area contributed by atoms with E-state index in [4.69, 9.17) is 4.74 Å². The third-order valence-corrected chi connectivity index (χ3v) is 4.00. The third kappa shape index (κ3) is 7.50. The van der Waals surface area contributed by atoms with Gasteiger partial charge in [0, 0.05) is 46.4 Å². The lowest BCUT2D eigenvalue weighted by atomic mass is 10.0. The van der Waals surface area contributed by atoms with Gasteiger partial charge in [-0.1, -0.05) is 30.3 Å². The Labute approximate surface area is 156 Å². The van der Waals surface area contributed by atoms with Crippen molar-refractivity contribution in [2.45, 2.75) is 25.4 Å². The molecule has 1 aromatic carbocycles. The van der Waals surface area contributed by atoms with Crippen LogP contribution < -0.4 is 10.6 Å². The van der Waals surface area contributed by atoms with Gasteiger partial charge in [-0.3, -0.25) is 9.89 Å². The zero-order valence-electron chi connectivity index (χ0n) is 14.1. The second-order valence-electron chi connectivity index (χ2n) is 5.67. The number of hydrogen-bond donors (Lipinski definition) is 2. The summed E-state index contributed by atoms with van der Waals surface area (Å²) in [4.78, 5) is 6.79. The van der Waals surface area contributed by atoms with Gasteiger partial charge >= 0.3 is 0 Å². The number of halogens is 1. The SMILES string of the molecule is CN=C(NCCOC)NC1CCN(Cc2ccccc2)CC1.I. The summed E-state index contributed by atoms with van der Waals surface area (Å²) in [6, 6.07) is 11.2. The van der Waals surface area contributed by atoms with Gasteiger partial charge in [-0.25, -0.2) is 0 Å². The Morgan fingerprint density at radius 1 is 1.26 bits per heavy atom. The topological polar surface area (TPSA) is 48.9 Å². The number of piperidine rings is 1. The van der Waals surface area contributed by atoms with Crippen molar-refractivity contribution in [1.29, 1.82) is 0 Å². The summed E-state index contributed by atoms with van der Waals surface area (Å²) >= 11 is 0. The molecule has 0 spiro atoms. The molecule has 1 heterocycles. The van der Waals surface area contributed by atoms with E-state index < -0.39 is 0 Å². The molecular weight excluding hydrogens is 403 g/mol. The Hall–Kier alpha value is -0.860. The molecule has 1 fully saturated rings. The Balaban J connectivity index is 0.00000264. The lowest BCUT2D eigenvalue weighted by Crippen LogP contribution is -2.49. The number of hydrogen-bond acceptors (Lipinski definition) is 3. The minimum Gasteiger partial charge on any atom is -0.383 e. The minimum absolute atomic E-state index is 0. The molecule has 0 aromatic heterocycles. The average Bonchev–Trinajstić information content (AvgIpc) is 2.57. The van der Waals surface area contributed by atoms with Gasteiger partial charge in [0.15, 0.2) is 5.96 Å². The minimum atomic E-state index is 0. The number of nitrogens with one attached hydrogen (secondary N) is 2. The van der Waals surface area contributed by atoms with E-state index in [2.05, 4.69) is 50.9 Å². The molecule has 1 saturated heterocycles. The second kappa shape index (κ2) is 11.6. The van der Waals surface area contributed by atoms with Crippen molar-refractivity contribution in [3.05, 3.63) is 35.9 Å². The van der Waals surface area contributed by atoms with Crippen molar-refractivity contribution in [3.8, 4) is 0 Å². The van der Waals surface area contributed by atoms with E-state index in [-0.39, 0.29) is 24.0 Å². The maximum atomic E-state index is 5.05. The first-order valence-electron chi connectivity index (χ1n) is 8.04. The van der Waals surface area contributed by atoms with E-state index >= 15 is 0 Å². The van der Waals surface area contributed by atoms with E-state index in [1.165, 1.54) is 5.56 Å². The molecule has 6 heteroatoms. The van der Waals surface area contributed by atoms with Crippen molar-refractivity contribution < 1.29 is 4.74 Å². The summed E-state index contributed by atoms with van der Waals surface area (Å²) in [6.45, 7) is 4.77. The number of methoxy groups -OCH3 is 1. The lowest BCUT2D eigenvalue weighted by Gasteiger charge is -2.33. The molecular formula is C17H29IN4O. The maximum absolute atomic E-state index is 5.05. The zero-order valence-corrected chi connectivity index (χ0v) is 16.5. The number of benzene rings is 1. The van der Waals surface area contributed by atoms with E-state index in [0.29, 0.717) is 12.6 Å². The number of likely N-dealkylation sites (tertiary alicyclic amines) is 1.